The van der Waals surface area contributed by atoms with Crippen molar-refractivity contribution in [1.29, 1.82) is 0 Å². The Morgan fingerprint density at radius 1 is 1.17 bits per heavy atom. The van der Waals surface area contributed by atoms with Crippen molar-refractivity contribution in [1.82, 2.24) is 4.72 Å². The summed E-state index contributed by atoms with van der Waals surface area (Å²) in [7, 11) is 0. The molecule has 12 heavy (non-hydrogen) atoms. The molecule has 0 saturated heterocycles. The minimum absolute atomic E-state index is 0.325. The first-order valence-electron chi connectivity index (χ1n) is 4.75. The summed E-state index contributed by atoms with van der Waals surface area (Å²) >= 11 is 1.83. The summed E-state index contributed by atoms with van der Waals surface area (Å²) in [5.41, 5.74) is 0. The molecular weight excluding hydrogens is 166 g/mol. The fourth-order valence-electron chi connectivity index (χ4n) is 1.03. The van der Waals surface area contributed by atoms with Crippen LogP contribution < -0.4 is 4.72 Å². The quantitative estimate of drug-likeness (QED) is 0.680. The summed E-state index contributed by atoms with van der Waals surface area (Å²) in [6.45, 7) is 13.5. The lowest BCUT2D eigenvalue weighted by Crippen LogP contribution is -2.26. The molecule has 0 aliphatic rings. The fraction of sp³-hybridized carbons (Fsp3) is 1.00. The van der Waals surface area contributed by atoms with E-state index in [0.717, 1.165) is 5.92 Å². The highest BCUT2D eigenvalue weighted by Gasteiger charge is 2.12. The molecule has 1 atom stereocenters. The molecule has 0 spiro atoms. The number of hydrogen-bond donors (Lipinski definition) is 1. The molecule has 1 nitrogen and oxygen atoms in total. The SMILES string of the molecule is CC(C)C[C@H](C)NSC(C)(C)C. The van der Waals surface area contributed by atoms with Crippen molar-refractivity contribution in [2.24, 2.45) is 5.92 Å². The predicted octanol–water partition coefficient (Wildman–Crippen LogP) is 3.46. The van der Waals surface area contributed by atoms with Gasteiger partial charge >= 0.3 is 0 Å². The summed E-state index contributed by atoms with van der Waals surface area (Å²) < 4.78 is 3.80. The summed E-state index contributed by atoms with van der Waals surface area (Å²) in [6, 6.07) is 0.620. The van der Waals surface area contributed by atoms with Crippen LogP contribution in [-0.4, -0.2) is 10.8 Å². The van der Waals surface area contributed by atoms with E-state index < -0.39 is 0 Å². The highest BCUT2D eigenvalue weighted by molar-refractivity contribution is 7.98. The first-order valence-corrected chi connectivity index (χ1v) is 5.56. The smallest absolute Gasteiger partial charge is 0.0220 e. The lowest BCUT2D eigenvalue weighted by molar-refractivity contribution is 0.500. The lowest BCUT2D eigenvalue weighted by Gasteiger charge is -2.22. The molecule has 0 aromatic rings. The fourth-order valence-corrected chi connectivity index (χ4v) is 1.68. The largest absolute Gasteiger partial charge is 0.261 e. The van der Waals surface area contributed by atoms with Gasteiger partial charge in [0.1, 0.15) is 0 Å². The van der Waals surface area contributed by atoms with E-state index in [9.17, 15) is 0 Å². The van der Waals surface area contributed by atoms with Crippen molar-refractivity contribution in [3.8, 4) is 0 Å². The Bertz CT molecular complexity index is 115. The van der Waals surface area contributed by atoms with Gasteiger partial charge in [0.05, 0.1) is 0 Å². The third-order valence-electron chi connectivity index (χ3n) is 1.39. The highest BCUT2D eigenvalue weighted by Crippen LogP contribution is 2.21. The van der Waals surface area contributed by atoms with Gasteiger partial charge in [0.2, 0.25) is 0 Å². The molecular formula is C10H23NS. The number of rotatable bonds is 4. The zero-order valence-electron chi connectivity index (χ0n) is 9.27. The van der Waals surface area contributed by atoms with Gasteiger partial charge in [0.15, 0.2) is 0 Å². The first-order chi connectivity index (χ1) is 5.31. The van der Waals surface area contributed by atoms with Crippen molar-refractivity contribution < 1.29 is 0 Å². The van der Waals surface area contributed by atoms with Crippen LogP contribution in [0.15, 0.2) is 0 Å². The van der Waals surface area contributed by atoms with Gasteiger partial charge in [-0.2, -0.15) is 0 Å². The van der Waals surface area contributed by atoms with Crippen molar-refractivity contribution in [3.05, 3.63) is 0 Å². The van der Waals surface area contributed by atoms with Crippen molar-refractivity contribution in [2.75, 3.05) is 0 Å². The van der Waals surface area contributed by atoms with E-state index in [1.165, 1.54) is 6.42 Å². The molecule has 0 fully saturated rings. The maximum absolute atomic E-state index is 3.47. The van der Waals surface area contributed by atoms with Gasteiger partial charge in [-0.1, -0.05) is 25.8 Å². The first kappa shape index (κ1) is 12.3. The van der Waals surface area contributed by atoms with Gasteiger partial charge in [-0.3, -0.25) is 4.72 Å². The molecule has 0 aliphatic heterocycles. The molecule has 74 valence electrons. The normalized spacial score (nSPS) is 15.2. The zero-order valence-corrected chi connectivity index (χ0v) is 10.1. The monoisotopic (exact) mass is 189 g/mol. The van der Waals surface area contributed by atoms with E-state index in [4.69, 9.17) is 0 Å². The Kier molecular flexibility index (Phi) is 5.26. The highest BCUT2D eigenvalue weighted by atomic mass is 32.2. The standard InChI is InChI=1S/C10H23NS/c1-8(2)7-9(3)11-12-10(4,5)6/h8-9,11H,7H2,1-6H3/t9-/m0/s1. The Balaban J connectivity index is 3.51. The molecule has 0 bridgehead atoms. The van der Waals surface area contributed by atoms with Gasteiger partial charge in [0, 0.05) is 10.8 Å². The average molecular weight is 189 g/mol. The average Bonchev–Trinajstić information content (AvgIpc) is 1.80. The summed E-state index contributed by atoms with van der Waals surface area (Å²) in [4.78, 5) is 0. The van der Waals surface area contributed by atoms with Crippen LogP contribution in [-0.2, 0) is 0 Å². The van der Waals surface area contributed by atoms with Crippen LogP contribution in [0.1, 0.15) is 48.0 Å². The van der Waals surface area contributed by atoms with Crippen LogP contribution in [0, 0.1) is 5.92 Å². The maximum Gasteiger partial charge on any atom is 0.0220 e. The zero-order chi connectivity index (χ0) is 9.78. The minimum Gasteiger partial charge on any atom is -0.261 e. The van der Waals surface area contributed by atoms with Crippen LogP contribution in [0.2, 0.25) is 0 Å². The molecule has 0 radical (unpaired) electrons. The lowest BCUT2D eigenvalue weighted by atomic mass is 10.1. The number of hydrogen-bond acceptors (Lipinski definition) is 2. The third-order valence-corrected chi connectivity index (χ3v) is 2.52. The van der Waals surface area contributed by atoms with Gasteiger partial charge < -0.3 is 0 Å². The maximum atomic E-state index is 3.47. The van der Waals surface area contributed by atoms with E-state index in [1.807, 2.05) is 11.9 Å². The van der Waals surface area contributed by atoms with Gasteiger partial charge in [0.25, 0.3) is 0 Å². The van der Waals surface area contributed by atoms with E-state index in [1.54, 1.807) is 0 Å². The van der Waals surface area contributed by atoms with E-state index in [0.29, 0.717) is 10.8 Å². The van der Waals surface area contributed by atoms with Crippen molar-refractivity contribution in [3.63, 3.8) is 0 Å². The van der Waals surface area contributed by atoms with Crippen LogP contribution in [0.25, 0.3) is 0 Å². The molecule has 0 saturated carbocycles. The summed E-state index contributed by atoms with van der Waals surface area (Å²) in [6.07, 6.45) is 1.25. The number of nitrogens with one attached hydrogen (secondary N) is 1. The Hall–Kier alpha value is 0.310. The van der Waals surface area contributed by atoms with Gasteiger partial charge in [-0.15, -0.1) is 0 Å². The molecule has 0 amide bonds. The van der Waals surface area contributed by atoms with Crippen LogP contribution in [0.4, 0.5) is 0 Å². The molecule has 0 unspecified atom stereocenters. The van der Waals surface area contributed by atoms with Gasteiger partial charge in [-0.25, -0.2) is 0 Å². The molecule has 0 heterocycles. The minimum atomic E-state index is 0.325. The van der Waals surface area contributed by atoms with Gasteiger partial charge in [-0.05, 0) is 40.0 Å². The summed E-state index contributed by atoms with van der Waals surface area (Å²) in [5, 5.41) is 0. The van der Waals surface area contributed by atoms with E-state index in [-0.39, 0.29) is 0 Å². The molecule has 0 aliphatic carbocycles. The predicted molar refractivity (Wildman–Crippen MR) is 59.4 cm³/mol. The molecule has 0 aromatic heterocycles. The molecule has 1 N–H and O–H groups in total. The Labute approximate surface area is 81.8 Å². The van der Waals surface area contributed by atoms with Crippen LogP contribution in [0.3, 0.4) is 0 Å². The van der Waals surface area contributed by atoms with Crippen LogP contribution >= 0.6 is 11.9 Å². The Morgan fingerprint density at radius 3 is 2.00 bits per heavy atom. The molecule has 0 rings (SSSR count). The molecule has 2 heteroatoms. The van der Waals surface area contributed by atoms with Crippen molar-refractivity contribution >= 4 is 11.9 Å². The van der Waals surface area contributed by atoms with E-state index >= 15 is 0 Å². The second kappa shape index (κ2) is 5.13. The second-order valence-electron chi connectivity index (χ2n) is 4.86. The van der Waals surface area contributed by atoms with Crippen LogP contribution in [0.5, 0.6) is 0 Å². The summed E-state index contributed by atoms with van der Waals surface area (Å²) in [5.74, 6) is 0.785. The Morgan fingerprint density at radius 2 is 1.67 bits per heavy atom. The third kappa shape index (κ3) is 8.41. The second-order valence-corrected chi connectivity index (χ2v) is 6.53. The van der Waals surface area contributed by atoms with Crippen molar-refractivity contribution in [2.45, 2.75) is 58.8 Å². The van der Waals surface area contributed by atoms with E-state index in [2.05, 4.69) is 46.3 Å². The molecule has 0 aromatic carbocycles. The topological polar surface area (TPSA) is 12.0 Å².